The summed E-state index contributed by atoms with van der Waals surface area (Å²) < 4.78 is 5.19. The van der Waals surface area contributed by atoms with Crippen molar-refractivity contribution in [3.05, 3.63) is 71.2 Å². The predicted octanol–water partition coefficient (Wildman–Crippen LogP) is 7.13. The van der Waals surface area contributed by atoms with Crippen LogP contribution >= 0.6 is 11.6 Å². The van der Waals surface area contributed by atoms with E-state index in [0.29, 0.717) is 28.0 Å². The molecule has 8 heteroatoms. The summed E-state index contributed by atoms with van der Waals surface area (Å²) in [4.78, 5) is 26.9. The number of aromatic carboxylic acids is 1. The maximum Gasteiger partial charge on any atom is 0.339 e. The third kappa shape index (κ3) is 5.74. The highest BCUT2D eigenvalue weighted by Gasteiger charge is 2.22. The SMILES string of the molecule is COc1ccc(-c2ccc(N(C)C3CCCCC3)c(NC(=O)Nc3ccccc3Cl)c2)cc1C(=O)O. The van der Waals surface area contributed by atoms with Gasteiger partial charge in [0.1, 0.15) is 11.3 Å². The molecule has 0 spiro atoms. The summed E-state index contributed by atoms with van der Waals surface area (Å²) in [5.74, 6) is -0.780. The van der Waals surface area contributed by atoms with Gasteiger partial charge in [-0.2, -0.15) is 0 Å². The van der Waals surface area contributed by atoms with E-state index in [2.05, 4.69) is 22.6 Å². The number of para-hydroxylation sites is 1. The van der Waals surface area contributed by atoms with Gasteiger partial charge < -0.3 is 25.4 Å². The molecular formula is C28H30ClN3O4. The second-order valence-corrected chi connectivity index (χ2v) is 9.32. The number of hydrogen-bond acceptors (Lipinski definition) is 4. The molecule has 0 unspecified atom stereocenters. The van der Waals surface area contributed by atoms with Crippen molar-refractivity contribution in [1.82, 2.24) is 0 Å². The average molecular weight is 508 g/mol. The lowest BCUT2D eigenvalue weighted by atomic mass is 9.93. The van der Waals surface area contributed by atoms with Crippen molar-refractivity contribution in [2.45, 2.75) is 38.1 Å². The summed E-state index contributed by atoms with van der Waals surface area (Å²) in [5, 5.41) is 15.8. The van der Waals surface area contributed by atoms with Gasteiger partial charge in [0, 0.05) is 13.1 Å². The Morgan fingerprint density at radius 2 is 1.61 bits per heavy atom. The molecule has 1 fully saturated rings. The lowest BCUT2D eigenvalue weighted by molar-refractivity contribution is 0.0693. The second kappa shape index (κ2) is 11.4. The molecule has 1 aliphatic rings. The third-order valence-electron chi connectivity index (χ3n) is 6.63. The van der Waals surface area contributed by atoms with Crippen LogP contribution in [0, 0.1) is 0 Å². The molecule has 0 bridgehead atoms. The van der Waals surface area contributed by atoms with Crippen LogP contribution in [0.15, 0.2) is 60.7 Å². The number of halogens is 1. The Hall–Kier alpha value is -3.71. The Balaban J connectivity index is 1.69. The lowest BCUT2D eigenvalue weighted by Crippen LogP contribution is -2.34. The zero-order valence-corrected chi connectivity index (χ0v) is 21.1. The Kier molecular flexibility index (Phi) is 8.00. The number of benzene rings is 3. The van der Waals surface area contributed by atoms with Gasteiger partial charge in [0.25, 0.3) is 0 Å². The highest BCUT2D eigenvalue weighted by molar-refractivity contribution is 6.33. The van der Waals surface area contributed by atoms with Crippen molar-refractivity contribution in [3.8, 4) is 16.9 Å². The summed E-state index contributed by atoms with van der Waals surface area (Å²) in [6.45, 7) is 0. The first-order chi connectivity index (χ1) is 17.4. The molecule has 3 aromatic carbocycles. The van der Waals surface area contributed by atoms with E-state index in [-0.39, 0.29) is 11.3 Å². The molecule has 0 atom stereocenters. The Morgan fingerprint density at radius 3 is 2.31 bits per heavy atom. The van der Waals surface area contributed by atoms with Crippen LogP contribution in [0.4, 0.5) is 21.9 Å². The van der Waals surface area contributed by atoms with Crippen LogP contribution in [0.3, 0.4) is 0 Å². The van der Waals surface area contributed by atoms with E-state index in [9.17, 15) is 14.7 Å². The first-order valence-electron chi connectivity index (χ1n) is 12.0. The van der Waals surface area contributed by atoms with Gasteiger partial charge in [0.05, 0.1) is 29.2 Å². The van der Waals surface area contributed by atoms with E-state index in [4.69, 9.17) is 16.3 Å². The van der Waals surface area contributed by atoms with Gasteiger partial charge in [0.15, 0.2) is 0 Å². The number of urea groups is 1. The number of ether oxygens (including phenoxy) is 1. The number of carbonyl (C=O) groups excluding carboxylic acids is 1. The summed E-state index contributed by atoms with van der Waals surface area (Å²) in [7, 11) is 3.50. The van der Waals surface area contributed by atoms with E-state index in [0.717, 1.165) is 24.1 Å². The van der Waals surface area contributed by atoms with Crippen molar-refractivity contribution in [2.24, 2.45) is 0 Å². The van der Waals surface area contributed by atoms with Gasteiger partial charge in [-0.15, -0.1) is 0 Å². The zero-order valence-electron chi connectivity index (χ0n) is 20.4. The molecule has 7 nitrogen and oxygen atoms in total. The van der Waals surface area contributed by atoms with Crippen molar-refractivity contribution in [1.29, 1.82) is 0 Å². The van der Waals surface area contributed by atoms with Crippen LogP contribution in [-0.4, -0.2) is 37.3 Å². The molecule has 1 aliphatic carbocycles. The van der Waals surface area contributed by atoms with Crippen molar-refractivity contribution in [2.75, 3.05) is 29.7 Å². The Labute approximate surface area is 216 Å². The van der Waals surface area contributed by atoms with Gasteiger partial charge in [-0.05, 0) is 60.4 Å². The fraction of sp³-hybridized carbons (Fsp3) is 0.286. The normalized spacial score (nSPS) is 13.6. The van der Waals surface area contributed by atoms with Crippen molar-refractivity contribution >= 4 is 40.7 Å². The number of nitrogens with zero attached hydrogens (tertiary/aromatic N) is 1. The molecule has 0 saturated heterocycles. The average Bonchev–Trinajstić information content (AvgIpc) is 2.89. The highest BCUT2D eigenvalue weighted by atomic mass is 35.5. The molecule has 188 valence electrons. The molecule has 1 saturated carbocycles. The van der Waals surface area contributed by atoms with Crippen LogP contribution in [0.1, 0.15) is 42.5 Å². The van der Waals surface area contributed by atoms with Gasteiger partial charge in [-0.1, -0.05) is 55.1 Å². The van der Waals surface area contributed by atoms with Gasteiger partial charge in [-0.3, -0.25) is 0 Å². The minimum absolute atomic E-state index is 0.0735. The molecule has 4 rings (SSSR count). The van der Waals surface area contributed by atoms with Crippen LogP contribution in [-0.2, 0) is 0 Å². The number of anilines is 3. The molecule has 0 aliphatic heterocycles. The van der Waals surface area contributed by atoms with Gasteiger partial charge in [0.2, 0.25) is 0 Å². The number of methoxy groups -OCH3 is 1. The number of amides is 2. The standard InChI is InChI=1S/C28H30ClN3O4/c1-32(20-8-4-3-5-9-20)25-14-12-19(18-13-15-26(36-2)21(16-18)27(33)34)17-24(25)31-28(35)30-23-11-7-6-10-22(23)29/h6-7,10-17,20H,3-5,8-9H2,1-2H3,(H,33,34)(H2,30,31,35). The van der Waals surface area contributed by atoms with Crippen LogP contribution in [0.2, 0.25) is 5.02 Å². The Bertz CT molecular complexity index is 1260. The zero-order chi connectivity index (χ0) is 25.7. The summed E-state index contributed by atoms with van der Waals surface area (Å²) in [6.07, 6.45) is 5.82. The third-order valence-corrected chi connectivity index (χ3v) is 6.96. The first kappa shape index (κ1) is 25.4. The van der Waals surface area contributed by atoms with Crippen LogP contribution in [0.5, 0.6) is 5.75 Å². The summed E-state index contributed by atoms with van der Waals surface area (Å²) >= 11 is 6.22. The molecule has 3 N–H and O–H groups in total. The molecule has 36 heavy (non-hydrogen) atoms. The van der Waals surface area contributed by atoms with E-state index in [1.165, 1.54) is 26.4 Å². The van der Waals surface area contributed by atoms with Crippen LogP contribution < -0.4 is 20.3 Å². The Morgan fingerprint density at radius 1 is 0.944 bits per heavy atom. The molecular weight excluding hydrogens is 478 g/mol. The largest absolute Gasteiger partial charge is 0.496 e. The van der Waals surface area contributed by atoms with E-state index < -0.39 is 12.0 Å². The lowest BCUT2D eigenvalue weighted by Gasteiger charge is -2.34. The molecule has 3 aromatic rings. The van der Waals surface area contributed by atoms with Gasteiger partial charge in [-0.25, -0.2) is 9.59 Å². The number of carboxylic acid groups (broad SMARTS) is 1. The maximum absolute atomic E-state index is 13.0. The number of nitrogens with one attached hydrogen (secondary N) is 2. The molecule has 2 amide bonds. The number of rotatable bonds is 7. The number of hydrogen-bond donors (Lipinski definition) is 3. The fourth-order valence-electron chi connectivity index (χ4n) is 4.68. The van der Waals surface area contributed by atoms with Gasteiger partial charge >= 0.3 is 12.0 Å². The predicted molar refractivity (Wildman–Crippen MR) is 145 cm³/mol. The van der Waals surface area contributed by atoms with Crippen molar-refractivity contribution in [3.63, 3.8) is 0 Å². The minimum atomic E-state index is -1.07. The minimum Gasteiger partial charge on any atom is -0.496 e. The highest BCUT2D eigenvalue weighted by Crippen LogP contribution is 2.36. The topological polar surface area (TPSA) is 90.9 Å². The second-order valence-electron chi connectivity index (χ2n) is 8.91. The molecule has 0 heterocycles. The summed E-state index contributed by atoms with van der Waals surface area (Å²) in [6, 6.07) is 17.8. The smallest absolute Gasteiger partial charge is 0.339 e. The monoisotopic (exact) mass is 507 g/mol. The molecule has 0 aromatic heterocycles. The van der Waals surface area contributed by atoms with E-state index in [1.807, 2.05) is 18.2 Å². The van der Waals surface area contributed by atoms with Crippen molar-refractivity contribution < 1.29 is 19.4 Å². The fourth-order valence-corrected chi connectivity index (χ4v) is 4.86. The van der Waals surface area contributed by atoms with E-state index >= 15 is 0 Å². The maximum atomic E-state index is 13.0. The van der Waals surface area contributed by atoms with Crippen LogP contribution in [0.25, 0.3) is 11.1 Å². The summed E-state index contributed by atoms with van der Waals surface area (Å²) in [5.41, 5.74) is 3.58. The quantitative estimate of drug-likeness (QED) is 0.316. The number of carboxylic acids is 1. The first-order valence-corrected chi connectivity index (χ1v) is 12.4. The number of carbonyl (C=O) groups is 2. The van der Waals surface area contributed by atoms with E-state index in [1.54, 1.807) is 42.5 Å². The molecule has 0 radical (unpaired) electrons.